The Balaban J connectivity index is 1.98. The largest absolute Gasteiger partial charge is 0.426 e. The van der Waals surface area contributed by atoms with Crippen LogP contribution in [0.4, 0.5) is 10.5 Å². The second-order valence-corrected chi connectivity index (χ2v) is 6.50. The number of nitrogens with one attached hydrogen (secondary N) is 1. The Hall–Kier alpha value is -2.82. The first-order valence-electron chi connectivity index (χ1n) is 8.32. The topological polar surface area (TPSA) is 81.4 Å². The fraction of sp³-hybridized carbons (Fsp3) is 0.300. The molecule has 3 N–H and O–H groups in total. The molecule has 0 saturated carbocycles. The van der Waals surface area contributed by atoms with E-state index < -0.39 is 6.03 Å². The van der Waals surface area contributed by atoms with Gasteiger partial charge in [-0.1, -0.05) is 38.1 Å². The van der Waals surface area contributed by atoms with Gasteiger partial charge < -0.3 is 15.8 Å². The predicted octanol–water partition coefficient (Wildman–Crippen LogP) is 4.08. The second-order valence-electron chi connectivity index (χ2n) is 6.50. The first-order chi connectivity index (χ1) is 11.8. The molecule has 2 aromatic carbocycles. The van der Waals surface area contributed by atoms with E-state index in [0.29, 0.717) is 17.4 Å². The number of carbonyl (C=O) groups excluding carboxylic acids is 2. The number of nitrogens with two attached hydrogens (primary N) is 1. The molecule has 1 unspecified atom stereocenters. The number of urea groups is 1. The number of ether oxygens (including phenoxy) is 1. The van der Waals surface area contributed by atoms with Crippen LogP contribution in [0.15, 0.2) is 48.5 Å². The van der Waals surface area contributed by atoms with Crippen molar-refractivity contribution in [1.82, 2.24) is 0 Å². The third-order valence-corrected chi connectivity index (χ3v) is 3.82. The lowest BCUT2D eigenvalue weighted by molar-refractivity contribution is -0.135. The van der Waals surface area contributed by atoms with Gasteiger partial charge in [-0.3, -0.25) is 4.79 Å². The summed E-state index contributed by atoms with van der Waals surface area (Å²) in [4.78, 5) is 23.1. The summed E-state index contributed by atoms with van der Waals surface area (Å²) in [5.74, 6) is 0.326. The van der Waals surface area contributed by atoms with Gasteiger partial charge in [0.25, 0.3) is 0 Å². The molecule has 2 aromatic rings. The second kappa shape index (κ2) is 8.33. The minimum atomic E-state index is -0.640. The van der Waals surface area contributed by atoms with Gasteiger partial charge in [-0.25, -0.2) is 4.79 Å². The van der Waals surface area contributed by atoms with Crippen LogP contribution in [0.2, 0.25) is 0 Å². The quantitative estimate of drug-likeness (QED) is 0.614. The molecule has 2 rings (SSSR count). The summed E-state index contributed by atoms with van der Waals surface area (Å²) in [6.45, 7) is 6.18. The van der Waals surface area contributed by atoms with Gasteiger partial charge in [0.05, 0.1) is 5.92 Å². The molecule has 5 nitrogen and oxygen atoms in total. The highest BCUT2D eigenvalue weighted by molar-refractivity contribution is 5.88. The molecule has 0 aliphatic rings. The lowest BCUT2D eigenvalue weighted by Gasteiger charge is -2.13. The van der Waals surface area contributed by atoms with Gasteiger partial charge in [0, 0.05) is 5.69 Å². The molecule has 0 aliphatic heterocycles. The van der Waals surface area contributed by atoms with E-state index in [0.717, 1.165) is 12.0 Å². The Morgan fingerprint density at radius 2 is 1.60 bits per heavy atom. The number of amides is 2. The van der Waals surface area contributed by atoms with Crippen LogP contribution < -0.4 is 15.8 Å². The first kappa shape index (κ1) is 18.5. The standard InChI is InChI=1S/C20H24N2O3/c1-13(2)12-15-4-6-16(7-5-15)14(3)19(23)25-18-10-8-17(9-11-18)22-20(21)24/h4-11,13-14H,12H2,1-3H3,(H3,21,22,24). The third-order valence-electron chi connectivity index (χ3n) is 3.82. The monoisotopic (exact) mass is 340 g/mol. The van der Waals surface area contributed by atoms with E-state index in [1.54, 1.807) is 24.3 Å². The van der Waals surface area contributed by atoms with Crippen LogP contribution in [-0.4, -0.2) is 12.0 Å². The van der Waals surface area contributed by atoms with Crippen LogP contribution in [0, 0.1) is 5.92 Å². The maximum atomic E-state index is 12.3. The number of anilines is 1. The molecule has 0 aliphatic carbocycles. The molecule has 0 fully saturated rings. The van der Waals surface area contributed by atoms with Gasteiger partial charge in [0.1, 0.15) is 5.75 Å². The molecule has 1 atom stereocenters. The number of carbonyl (C=O) groups is 2. The minimum absolute atomic E-state index is 0.327. The lowest BCUT2D eigenvalue weighted by atomic mass is 9.97. The minimum Gasteiger partial charge on any atom is -0.426 e. The molecule has 0 heterocycles. The molecular weight excluding hydrogens is 316 g/mol. The van der Waals surface area contributed by atoms with E-state index in [1.165, 1.54) is 5.56 Å². The zero-order valence-electron chi connectivity index (χ0n) is 14.8. The van der Waals surface area contributed by atoms with Crippen molar-refractivity contribution in [2.45, 2.75) is 33.1 Å². The molecule has 0 saturated heterocycles. The molecule has 25 heavy (non-hydrogen) atoms. The SMILES string of the molecule is CC(C)Cc1ccc(C(C)C(=O)Oc2ccc(NC(N)=O)cc2)cc1. The summed E-state index contributed by atoms with van der Waals surface area (Å²) < 4.78 is 5.40. The first-order valence-corrected chi connectivity index (χ1v) is 8.32. The number of hydrogen-bond donors (Lipinski definition) is 2. The molecule has 0 aromatic heterocycles. The van der Waals surface area contributed by atoms with Crippen molar-refractivity contribution < 1.29 is 14.3 Å². The predicted molar refractivity (Wildman–Crippen MR) is 98.7 cm³/mol. The van der Waals surface area contributed by atoms with Crippen molar-refractivity contribution in [2.75, 3.05) is 5.32 Å². The molecular formula is C20H24N2O3. The van der Waals surface area contributed by atoms with Crippen molar-refractivity contribution in [1.29, 1.82) is 0 Å². The summed E-state index contributed by atoms with van der Waals surface area (Å²) in [7, 11) is 0. The Morgan fingerprint density at radius 3 is 2.12 bits per heavy atom. The van der Waals surface area contributed by atoms with Gasteiger partial charge in [0.15, 0.2) is 0 Å². The fourth-order valence-electron chi connectivity index (χ4n) is 2.50. The summed E-state index contributed by atoms with van der Waals surface area (Å²) in [5, 5.41) is 2.45. The van der Waals surface area contributed by atoms with Gasteiger partial charge in [-0.15, -0.1) is 0 Å². The van der Waals surface area contributed by atoms with Crippen molar-refractivity contribution in [3.63, 3.8) is 0 Å². The summed E-state index contributed by atoms with van der Waals surface area (Å²) in [6, 6.07) is 13.9. The van der Waals surface area contributed by atoms with Crippen LogP contribution in [0.3, 0.4) is 0 Å². The van der Waals surface area contributed by atoms with E-state index in [4.69, 9.17) is 10.5 Å². The lowest BCUT2D eigenvalue weighted by Crippen LogP contribution is -2.19. The van der Waals surface area contributed by atoms with Crippen molar-refractivity contribution in [3.05, 3.63) is 59.7 Å². The maximum Gasteiger partial charge on any atom is 0.318 e. The number of benzene rings is 2. The van der Waals surface area contributed by atoms with Crippen LogP contribution in [0.1, 0.15) is 37.8 Å². The van der Waals surface area contributed by atoms with Gasteiger partial charge >= 0.3 is 12.0 Å². The van der Waals surface area contributed by atoms with E-state index >= 15 is 0 Å². The van der Waals surface area contributed by atoms with Crippen LogP contribution in [0.5, 0.6) is 5.75 Å². The highest BCUT2D eigenvalue weighted by atomic mass is 16.5. The average molecular weight is 340 g/mol. The highest BCUT2D eigenvalue weighted by Crippen LogP contribution is 2.22. The molecule has 2 amide bonds. The summed E-state index contributed by atoms with van der Waals surface area (Å²) in [5.41, 5.74) is 7.77. The third kappa shape index (κ3) is 5.64. The van der Waals surface area contributed by atoms with E-state index in [1.807, 2.05) is 19.1 Å². The fourth-order valence-corrected chi connectivity index (χ4v) is 2.50. The van der Waals surface area contributed by atoms with Crippen molar-refractivity contribution >= 4 is 17.7 Å². The Morgan fingerprint density at radius 1 is 1.00 bits per heavy atom. The number of primary amides is 1. The van der Waals surface area contributed by atoms with E-state index in [2.05, 4.69) is 31.3 Å². The van der Waals surface area contributed by atoms with Gasteiger partial charge in [0.2, 0.25) is 0 Å². The smallest absolute Gasteiger partial charge is 0.318 e. The molecule has 5 heteroatoms. The van der Waals surface area contributed by atoms with E-state index in [-0.39, 0.29) is 11.9 Å². The number of rotatable bonds is 6. The Labute approximate surface area is 148 Å². The van der Waals surface area contributed by atoms with Gasteiger partial charge in [-0.05, 0) is 54.7 Å². The molecule has 0 spiro atoms. The maximum absolute atomic E-state index is 12.3. The molecule has 132 valence electrons. The van der Waals surface area contributed by atoms with Gasteiger partial charge in [-0.2, -0.15) is 0 Å². The van der Waals surface area contributed by atoms with Crippen molar-refractivity contribution in [3.8, 4) is 5.75 Å². The number of hydrogen-bond acceptors (Lipinski definition) is 3. The number of esters is 1. The highest BCUT2D eigenvalue weighted by Gasteiger charge is 2.17. The Kier molecular flexibility index (Phi) is 6.17. The van der Waals surface area contributed by atoms with E-state index in [9.17, 15) is 9.59 Å². The molecule has 0 radical (unpaired) electrons. The van der Waals surface area contributed by atoms with Crippen LogP contribution in [0.25, 0.3) is 0 Å². The summed E-state index contributed by atoms with van der Waals surface area (Å²) >= 11 is 0. The Bertz CT molecular complexity index is 722. The summed E-state index contributed by atoms with van der Waals surface area (Å²) in [6.07, 6.45) is 1.02. The zero-order chi connectivity index (χ0) is 18.4. The normalized spacial score (nSPS) is 11.8. The van der Waals surface area contributed by atoms with Crippen LogP contribution in [-0.2, 0) is 11.2 Å². The average Bonchev–Trinajstić information content (AvgIpc) is 2.55. The van der Waals surface area contributed by atoms with Crippen LogP contribution >= 0.6 is 0 Å². The zero-order valence-corrected chi connectivity index (χ0v) is 14.8. The van der Waals surface area contributed by atoms with Crippen molar-refractivity contribution in [2.24, 2.45) is 11.7 Å². The molecule has 0 bridgehead atoms.